The third-order valence-electron chi connectivity index (χ3n) is 6.45. The molecule has 0 N–H and O–H groups in total. The van der Waals surface area contributed by atoms with E-state index in [0.29, 0.717) is 0 Å². The Morgan fingerprint density at radius 3 is 1.37 bits per heavy atom. The monoisotopic (exact) mass is 552 g/mol. The van der Waals surface area contributed by atoms with Crippen molar-refractivity contribution in [3.05, 3.63) is 117 Å². The summed E-state index contributed by atoms with van der Waals surface area (Å²) in [4.78, 5) is 0. The van der Waals surface area contributed by atoms with Crippen LogP contribution in [-0.4, -0.2) is 8.07 Å². The minimum Gasteiger partial charge on any atom is -0.343 e. The second kappa shape index (κ2) is 14.5. The molecule has 0 radical (unpaired) electrons. The summed E-state index contributed by atoms with van der Waals surface area (Å²) in [5.74, 6) is 0. The molecular weight excluding hydrogens is 516 g/mol. The average molecular weight is 554 g/mol. The van der Waals surface area contributed by atoms with Gasteiger partial charge in [-0.15, -0.1) is 69.7 Å². The van der Waals surface area contributed by atoms with Gasteiger partial charge in [0.1, 0.15) is 8.07 Å². The van der Waals surface area contributed by atoms with Crippen LogP contribution < -0.4 is 15.6 Å². The molecule has 0 bridgehead atoms. The van der Waals surface area contributed by atoms with Crippen LogP contribution in [0.4, 0.5) is 0 Å². The molecule has 0 aliphatic heterocycles. The number of fused-ring (bicyclic) bond motifs is 2. The van der Waals surface area contributed by atoms with E-state index in [1.54, 1.807) is 0 Å². The molecular formula is C33H38SiZr. The molecule has 0 atom stereocenters. The maximum absolute atomic E-state index is 3.60. The van der Waals surface area contributed by atoms with E-state index < -0.39 is 8.07 Å². The minimum absolute atomic E-state index is 0. The summed E-state index contributed by atoms with van der Waals surface area (Å²) in [6.45, 7) is 13.9. The van der Waals surface area contributed by atoms with E-state index in [1.165, 1.54) is 49.9 Å². The summed E-state index contributed by atoms with van der Waals surface area (Å²) in [5, 5.41) is 9.80. The van der Waals surface area contributed by atoms with Gasteiger partial charge in [0, 0.05) is 0 Å². The second-order valence-electron chi connectivity index (χ2n) is 8.94. The molecule has 0 unspecified atom stereocenters. The first-order valence-electron chi connectivity index (χ1n) is 12.5. The molecule has 0 saturated carbocycles. The molecule has 35 heavy (non-hydrogen) atoms. The number of rotatable bonds is 5. The quantitative estimate of drug-likeness (QED) is 0.154. The Balaban J connectivity index is 0.000000423. The van der Waals surface area contributed by atoms with Crippen molar-refractivity contribution in [1.29, 1.82) is 0 Å². The van der Waals surface area contributed by atoms with Crippen LogP contribution in [0.25, 0.3) is 21.5 Å². The molecule has 0 aliphatic carbocycles. The van der Waals surface area contributed by atoms with Gasteiger partial charge in [-0.2, -0.15) is 35.7 Å². The van der Waals surface area contributed by atoms with E-state index >= 15 is 0 Å². The summed E-state index contributed by atoms with van der Waals surface area (Å²) < 4.78 is 0. The zero-order valence-corrected chi connectivity index (χ0v) is 25.0. The average Bonchev–Trinajstić information content (AvgIpc) is 3.54. The van der Waals surface area contributed by atoms with Crippen LogP contribution in [0.1, 0.15) is 39.5 Å². The third-order valence-corrected chi connectivity index (χ3v) is 10.8. The molecule has 5 aromatic carbocycles. The van der Waals surface area contributed by atoms with Crippen molar-refractivity contribution in [2.45, 2.75) is 46.1 Å². The van der Waals surface area contributed by atoms with Gasteiger partial charge >= 0.3 is 26.2 Å². The van der Waals surface area contributed by atoms with Gasteiger partial charge in [0.25, 0.3) is 0 Å². The largest absolute Gasteiger partial charge is 4.00 e. The van der Waals surface area contributed by atoms with Crippen LogP contribution in [0.2, 0.25) is 6.55 Å². The van der Waals surface area contributed by atoms with Gasteiger partial charge < -0.3 is 13.8 Å². The normalized spacial score (nSPS) is 10.7. The molecule has 0 aromatic heterocycles. The predicted octanol–water partition coefficient (Wildman–Crippen LogP) is 7.77. The van der Waals surface area contributed by atoms with Crippen molar-refractivity contribution >= 4 is 45.2 Å². The second-order valence-corrected chi connectivity index (χ2v) is 12.9. The van der Waals surface area contributed by atoms with Gasteiger partial charge in [-0.05, 0) is 0 Å². The minimum atomic E-state index is -2.04. The predicted molar refractivity (Wildman–Crippen MR) is 157 cm³/mol. The van der Waals surface area contributed by atoms with Gasteiger partial charge in [-0.3, -0.25) is 0 Å². The zero-order valence-electron chi connectivity index (χ0n) is 21.6. The van der Waals surface area contributed by atoms with E-state index in [9.17, 15) is 0 Å². The molecule has 0 amide bonds. The zero-order chi connectivity index (χ0) is 24.4. The fourth-order valence-electron chi connectivity index (χ4n) is 4.15. The Morgan fingerprint density at radius 2 is 1.00 bits per heavy atom. The van der Waals surface area contributed by atoms with Crippen LogP contribution in [-0.2, 0) is 26.2 Å². The van der Waals surface area contributed by atoms with Gasteiger partial charge in [-0.1, -0.05) is 80.9 Å². The summed E-state index contributed by atoms with van der Waals surface area (Å²) >= 11 is 0. The van der Waals surface area contributed by atoms with Crippen molar-refractivity contribution in [1.82, 2.24) is 0 Å². The Bertz CT molecular complexity index is 1110. The molecule has 0 heterocycles. The maximum atomic E-state index is 3.60. The van der Waals surface area contributed by atoms with Gasteiger partial charge in [0.2, 0.25) is 0 Å². The molecule has 5 rings (SSSR count). The van der Waals surface area contributed by atoms with Crippen molar-refractivity contribution in [3.63, 3.8) is 0 Å². The molecule has 2 heteroatoms. The molecule has 0 fully saturated rings. The van der Waals surface area contributed by atoms with Crippen molar-refractivity contribution in [2.75, 3.05) is 0 Å². The Hall–Kier alpha value is -2.02. The topological polar surface area (TPSA) is 0 Å². The first-order chi connectivity index (χ1) is 16.6. The molecule has 0 nitrogen and oxygen atoms in total. The van der Waals surface area contributed by atoms with Crippen LogP contribution >= 0.6 is 0 Å². The smallest absolute Gasteiger partial charge is 0.343 e. The molecule has 0 spiro atoms. The number of hydrogen-bond donors (Lipinski definition) is 0. The summed E-state index contributed by atoms with van der Waals surface area (Å²) in [6, 6.07) is 38.1. The van der Waals surface area contributed by atoms with Crippen LogP contribution in [0, 0.1) is 13.8 Å². The van der Waals surface area contributed by atoms with Crippen molar-refractivity contribution < 1.29 is 26.2 Å². The van der Waals surface area contributed by atoms with E-state index in [0.717, 1.165) is 12.8 Å². The van der Waals surface area contributed by atoms with Gasteiger partial charge in [0.05, 0.1) is 0 Å². The van der Waals surface area contributed by atoms with E-state index in [2.05, 4.69) is 137 Å². The van der Waals surface area contributed by atoms with Gasteiger partial charge in [0.15, 0.2) is 0 Å². The summed E-state index contributed by atoms with van der Waals surface area (Å²) in [7, 11) is -2.04. The fourth-order valence-corrected chi connectivity index (χ4v) is 7.79. The summed E-state index contributed by atoms with van der Waals surface area (Å²) in [5.41, 5.74) is 0. The molecule has 0 saturated heterocycles. The van der Waals surface area contributed by atoms with Crippen LogP contribution in [0.5, 0.6) is 0 Å². The Kier molecular flexibility index (Phi) is 12.1. The Labute approximate surface area is 233 Å². The first-order valence-corrected chi connectivity index (χ1v) is 15.0. The fraction of sp³-hybridized carbons (Fsp3) is 0.212. The van der Waals surface area contributed by atoms with Crippen LogP contribution in [0.3, 0.4) is 0 Å². The van der Waals surface area contributed by atoms with Gasteiger partial charge in [-0.25, -0.2) is 0 Å². The number of hydrogen-bond acceptors (Lipinski definition) is 0. The number of unbranched alkanes of at least 4 members (excludes halogenated alkanes) is 2. The third kappa shape index (κ3) is 7.02. The molecule has 178 valence electrons. The number of benzene rings is 3. The van der Waals surface area contributed by atoms with E-state index in [4.69, 9.17) is 0 Å². The standard InChI is InChI=1S/C25H20Si.2C4H9.Zr/c1-26(23-13-3-2-4-14-23,24-15-19-9-5-6-10-20(19)16-24)25-17-21-11-7-8-12-22(21)18-25;2*1-3-4-2;/h2-18H,1H3;2*1,3-4H2,2H3;/q-2;2*-1;+4. The summed E-state index contributed by atoms with van der Waals surface area (Å²) in [6.07, 6.45) is 4.56. The van der Waals surface area contributed by atoms with E-state index in [1.807, 2.05) is 0 Å². The Morgan fingerprint density at radius 1 is 0.629 bits per heavy atom. The van der Waals surface area contributed by atoms with Crippen LogP contribution in [0.15, 0.2) is 103 Å². The first kappa shape index (κ1) is 29.2. The van der Waals surface area contributed by atoms with Crippen molar-refractivity contribution in [3.8, 4) is 0 Å². The van der Waals surface area contributed by atoms with E-state index in [-0.39, 0.29) is 26.2 Å². The SMILES string of the molecule is C[Si](c1ccccc1)(c1cc2ccccc2[cH-]1)c1cc2ccccc2[cH-]1.[CH2-]CCC.[CH2-]CCC.[Zr+4]. The molecule has 0 aliphatic rings. The van der Waals surface area contributed by atoms with Crippen molar-refractivity contribution in [2.24, 2.45) is 0 Å². The molecule has 5 aromatic rings. The maximum Gasteiger partial charge on any atom is 4.00 e.